The van der Waals surface area contributed by atoms with Crippen molar-refractivity contribution in [1.29, 1.82) is 0 Å². The highest BCUT2D eigenvalue weighted by molar-refractivity contribution is 5.68. The molecule has 1 fully saturated rings. The minimum atomic E-state index is -0.386. The average Bonchev–Trinajstić information content (AvgIpc) is 3.21. The van der Waals surface area contributed by atoms with Gasteiger partial charge in [-0.1, -0.05) is 73.9 Å². The van der Waals surface area contributed by atoms with Crippen molar-refractivity contribution in [2.45, 2.75) is 44.6 Å². The molecule has 0 amide bonds. The molecule has 1 aliphatic rings. The second-order valence-corrected chi connectivity index (χ2v) is 7.71. The van der Waals surface area contributed by atoms with Crippen molar-refractivity contribution >= 4 is 0 Å². The SMILES string of the molecule is C[C@](N)(c1ncc(-c2ccc(-c3ccccc3)cc2)[nH]1)C1CCCCC1. The molecule has 0 saturated heterocycles. The molecule has 1 atom stereocenters. The van der Waals surface area contributed by atoms with Crippen LogP contribution in [0.3, 0.4) is 0 Å². The number of rotatable bonds is 4. The lowest BCUT2D eigenvalue weighted by atomic mass is 9.76. The van der Waals surface area contributed by atoms with E-state index in [9.17, 15) is 0 Å². The lowest BCUT2D eigenvalue weighted by Gasteiger charge is -2.35. The molecule has 0 aliphatic heterocycles. The number of benzene rings is 2. The van der Waals surface area contributed by atoms with Crippen LogP contribution in [0.4, 0.5) is 0 Å². The molecule has 4 rings (SSSR count). The van der Waals surface area contributed by atoms with Gasteiger partial charge in [-0.05, 0) is 42.4 Å². The van der Waals surface area contributed by atoms with Gasteiger partial charge in [0.15, 0.2) is 0 Å². The Kier molecular flexibility index (Phi) is 4.64. The van der Waals surface area contributed by atoms with Gasteiger partial charge in [0.25, 0.3) is 0 Å². The van der Waals surface area contributed by atoms with Crippen molar-refractivity contribution in [3.63, 3.8) is 0 Å². The lowest BCUT2D eigenvalue weighted by Crippen LogP contribution is -2.43. The Hall–Kier alpha value is -2.39. The summed E-state index contributed by atoms with van der Waals surface area (Å²) in [6, 6.07) is 19.1. The largest absolute Gasteiger partial charge is 0.340 e. The molecule has 3 nitrogen and oxygen atoms in total. The minimum Gasteiger partial charge on any atom is -0.340 e. The molecule has 0 spiro atoms. The monoisotopic (exact) mass is 345 g/mol. The van der Waals surface area contributed by atoms with E-state index in [0.29, 0.717) is 5.92 Å². The number of nitrogens with one attached hydrogen (secondary N) is 1. The van der Waals surface area contributed by atoms with Gasteiger partial charge in [-0.15, -0.1) is 0 Å². The molecule has 0 unspecified atom stereocenters. The van der Waals surface area contributed by atoms with Crippen molar-refractivity contribution in [3.05, 3.63) is 66.6 Å². The van der Waals surface area contributed by atoms with E-state index < -0.39 is 0 Å². The molecule has 2 aromatic carbocycles. The molecule has 3 aromatic rings. The molecular weight excluding hydrogens is 318 g/mol. The van der Waals surface area contributed by atoms with E-state index in [2.05, 4.69) is 65.4 Å². The molecular formula is C23H27N3. The van der Waals surface area contributed by atoms with E-state index in [0.717, 1.165) is 17.1 Å². The molecule has 1 aromatic heterocycles. The summed E-state index contributed by atoms with van der Waals surface area (Å²) in [6.45, 7) is 2.13. The first-order chi connectivity index (χ1) is 12.6. The minimum absolute atomic E-state index is 0.386. The summed E-state index contributed by atoms with van der Waals surface area (Å²) in [7, 11) is 0. The standard InChI is InChI=1S/C23H27N3/c1-23(24,20-10-6-3-7-11-20)22-25-16-21(26-22)19-14-12-18(13-15-19)17-8-4-2-5-9-17/h2,4-5,8-9,12-16,20H,3,6-7,10-11,24H2,1H3,(H,25,26)/t23-/m1/s1. The second kappa shape index (κ2) is 7.08. The highest BCUT2D eigenvalue weighted by atomic mass is 15.0. The van der Waals surface area contributed by atoms with Crippen LogP contribution in [-0.2, 0) is 5.54 Å². The fourth-order valence-corrected chi connectivity index (χ4v) is 4.11. The summed E-state index contributed by atoms with van der Waals surface area (Å²) in [5, 5.41) is 0. The lowest BCUT2D eigenvalue weighted by molar-refractivity contribution is 0.215. The van der Waals surface area contributed by atoms with Crippen LogP contribution in [0.25, 0.3) is 22.4 Å². The topological polar surface area (TPSA) is 54.7 Å². The van der Waals surface area contributed by atoms with E-state index in [1.165, 1.54) is 43.2 Å². The number of aromatic nitrogens is 2. The van der Waals surface area contributed by atoms with Gasteiger partial charge in [-0.2, -0.15) is 0 Å². The van der Waals surface area contributed by atoms with Gasteiger partial charge in [-0.3, -0.25) is 0 Å². The van der Waals surface area contributed by atoms with Crippen LogP contribution < -0.4 is 5.73 Å². The van der Waals surface area contributed by atoms with Gasteiger partial charge in [0.1, 0.15) is 5.82 Å². The average molecular weight is 345 g/mol. The predicted octanol–water partition coefficient (Wildman–Crippen LogP) is 5.50. The number of nitrogens with zero attached hydrogens (tertiary/aromatic N) is 1. The molecule has 3 N–H and O–H groups in total. The quantitative estimate of drug-likeness (QED) is 0.656. The number of imidazole rings is 1. The van der Waals surface area contributed by atoms with Crippen LogP contribution in [-0.4, -0.2) is 9.97 Å². The third-order valence-electron chi connectivity index (χ3n) is 5.84. The Balaban J connectivity index is 1.56. The number of nitrogens with two attached hydrogens (primary N) is 1. The van der Waals surface area contributed by atoms with Crippen LogP contribution in [0.15, 0.2) is 60.8 Å². The van der Waals surface area contributed by atoms with Crippen LogP contribution >= 0.6 is 0 Å². The summed E-state index contributed by atoms with van der Waals surface area (Å²) in [4.78, 5) is 8.13. The highest BCUT2D eigenvalue weighted by Crippen LogP contribution is 2.36. The van der Waals surface area contributed by atoms with Crippen LogP contribution in [0.1, 0.15) is 44.9 Å². The van der Waals surface area contributed by atoms with Crippen molar-refractivity contribution in [2.75, 3.05) is 0 Å². The molecule has 1 aliphatic carbocycles. The zero-order chi connectivity index (χ0) is 18.0. The molecule has 3 heteroatoms. The van der Waals surface area contributed by atoms with E-state index >= 15 is 0 Å². The third-order valence-corrected chi connectivity index (χ3v) is 5.84. The zero-order valence-electron chi connectivity index (χ0n) is 15.4. The molecule has 134 valence electrons. The van der Waals surface area contributed by atoms with E-state index in [1.54, 1.807) is 0 Å². The van der Waals surface area contributed by atoms with E-state index in [1.807, 2.05) is 12.3 Å². The number of hydrogen-bond donors (Lipinski definition) is 2. The maximum atomic E-state index is 6.71. The third kappa shape index (κ3) is 3.32. The second-order valence-electron chi connectivity index (χ2n) is 7.71. The van der Waals surface area contributed by atoms with Gasteiger partial charge in [0.05, 0.1) is 17.4 Å². The Labute approximate surface area is 155 Å². The smallest absolute Gasteiger partial charge is 0.126 e. The van der Waals surface area contributed by atoms with Gasteiger partial charge >= 0.3 is 0 Å². The van der Waals surface area contributed by atoms with E-state index in [4.69, 9.17) is 5.73 Å². The van der Waals surface area contributed by atoms with Crippen LogP contribution in [0, 0.1) is 5.92 Å². The maximum Gasteiger partial charge on any atom is 0.126 e. The Bertz CT molecular complexity index is 841. The summed E-state index contributed by atoms with van der Waals surface area (Å²) in [6.07, 6.45) is 8.23. The highest BCUT2D eigenvalue weighted by Gasteiger charge is 2.35. The summed E-state index contributed by atoms with van der Waals surface area (Å²) in [5.41, 5.74) is 11.0. The Morgan fingerprint density at radius 2 is 1.50 bits per heavy atom. The first kappa shape index (κ1) is 17.0. The molecule has 0 radical (unpaired) electrons. The fraction of sp³-hybridized carbons (Fsp3) is 0.348. The van der Waals surface area contributed by atoms with Gasteiger partial charge < -0.3 is 10.7 Å². The zero-order valence-corrected chi connectivity index (χ0v) is 15.4. The maximum absolute atomic E-state index is 6.71. The summed E-state index contributed by atoms with van der Waals surface area (Å²) >= 11 is 0. The van der Waals surface area contributed by atoms with Crippen molar-refractivity contribution in [2.24, 2.45) is 11.7 Å². The molecule has 0 bridgehead atoms. The predicted molar refractivity (Wildman–Crippen MR) is 108 cm³/mol. The first-order valence-electron chi connectivity index (χ1n) is 9.65. The Morgan fingerprint density at radius 1 is 0.885 bits per heavy atom. The number of hydrogen-bond acceptors (Lipinski definition) is 2. The molecule has 1 heterocycles. The first-order valence-corrected chi connectivity index (χ1v) is 9.65. The number of H-pyrrole nitrogens is 1. The van der Waals surface area contributed by atoms with Crippen LogP contribution in [0.2, 0.25) is 0 Å². The van der Waals surface area contributed by atoms with Crippen molar-refractivity contribution in [1.82, 2.24) is 9.97 Å². The summed E-state index contributed by atoms with van der Waals surface area (Å²) in [5.74, 6) is 1.42. The number of aromatic amines is 1. The molecule has 1 saturated carbocycles. The molecule has 26 heavy (non-hydrogen) atoms. The normalized spacial score (nSPS) is 17.8. The Morgan fingerprint density at radius 3 is 2.19 bits per heavy atom. The van der Waals surface area contributed by atoms with Gasteiger partial charge in [-0.25, -0.2) is 4.98 Å². The van der Waals surface area contributed by atoms with Gasteiger partial charge in [0.2, 0.25) is 0 Å². The fourth-order valence-electron chi connectivity index (χ4n) is 4.11. The summed E-state index contributed by atoms with van der Waals surface area (Å²) < 4.78 is 0. The van der Waals surface area contributed by atoms with E-state index in [-0.39, 0.29) is 5.54 Å². The van der Waals surface area contributed by atoms with Crippen LogP contribution in [0.5, 0.6) is 0 Å². The van der Waals surface area contributed by atoms with Crippen molar-refractivity contribution in [3.8, 4) is 22.4 Å². The van der Waals surface area contributed by atoms with Gasteiger partial charge in [0, 0.05) is 0 Å². The van der Waals surface area contributed by atoms with Crippen molar-refractivity contribution < 1.29 is 0 Å².